The van der Waals surface area contributed by atoms with Gasteiger partial charge in [0.25, 0.3) is 11.6 Å². The Kier molecular flexibility index (Phi) is 10.3. The van der Waals surface area contributed by atoms with Crippen molar-refractivity contribution in [3.8, 4) is 0 Å². The van der Waals surface area contributed by atoms with Crippen molar-refractivity contribution in [2.24, 2.45) is 12.8 Å². The predicted octanol–water partition coefficient (Wildman–Crippen LogP) is -3.56. The van der Waals surface area contributed by atoms with Gasteiger partial charge in [-0.1, -0.05) is 11.8 Å². The number of hydrogen-bond donors (Lipinski definition) is 3. The molecule has 3 rings (SSSR count). The summed E-state index contributed by atoms with van der Waals surface area (Å²) in [7, 11) is 2.88. The number of carboxylic acids is 2. The molecule has 3 unspecified atom stereocenters. The van der Waals surface area contributed by atoms with Gasteiger partial charge in [-0.25, -0.2) is 4.68 Å². The van der Waals surface area contributed by atoms with E-state index in [0.29, 0.717) is 10.7 Å². The monoisotopic (exact) mass is 541 g/mol. The Hall–Kier alpha value is -1.34. The van der Waals surface area contributed by atoms with Crippen molar-refractivity contribution >= 4 is 88.6 Å². The molecule has 2 aliphatic heterocycles. The number of methoxy groups -OCH3 is 1. The van der Waals surface area contributed by atoms with Crippen molar-refractivity contribution in [3.05, 3.63) is 11.3 Å². The number of hydrogen-bond acceptors (Lipinski definition) is 13. The van der Waals surface area contributed by atoms with Crippen LogP contribution in [0.2, 0.25) is 0 Å². The van der Waals surface area contributed by atoms with Gasteiger partial charge < -0.3 is 30.8 Å². The maximum Gasteiger partial charge on any atom is 0.321 e. The number of carbonyl (C=O) groups is 4. The first-order valence-corrected chi connectivity index (χ1v) is 12.5. The van der Waals surface area contributed by atoms with Crippen molar-refractivity contribution in [2.45, 2.75) is 22.3 Å². The molecule has 0 saturated carbocycles. The third-order valence-corrected chi connectivity index (χ3v) is 8.29. The second-order valence-corrected chi connectivity index (χ2v) is 9.94. The van der Waals surface area contributed by atoms with Gasteiger partial charge in [-0.2, -0.15) is 0 Å². The molecule has 1 aromatic rings. The van der Waals surface area contributed by atoms with Gasteiger partial charge in [-0.3, -0.25) is 19.3 Å². The zero-order valence-corrected chi connectivity index (χ0v) is 22.9. The average Bonchev–Trinajstić information content (AvgIpc) is 3.19. The van der Waals surface area contributed by atoms with E-state index in [1.165, 1.54) is 35.3 Å². The van der Waals surface area contributed by atoms with Gasteiger partial charge in [0.1, 0.15) is 11.4 Å². The number of tetrazole rings is 1. The minimum atomic E-state index is -1.75. The van der Waals surface area contributed by atoms with Crippen LogP contribution in [0.15, 0.2) is 16.4 Å². The van der Waals surface area contributed by atoms with E-state index in [0.717, 1.165) is 16.7 Å². The summed E-state index contributed by atoms with van der Waals surface area (Å²) in [5, 5.41) is 33.9. The average molecular weight is 542 g/mol. The third kappa shape index (κ3) is 5.72. The fraction of sp³-hybridized carbons (Fsp3) is 0.562. The Labute approximate surface area is 228 Å². The number of nitrogens with one attached hydrogen (secondary N) is 1. The van der Waals surface area contributed by atoms with Crippen molar-refractivity contribution in [1.82, 2.24) is 30.4 Å². The number of nitrogens with two attached hydrogens (primary N) is 1. The SMILES string of the molecule is COC1(NC(=O)CSCC(N)C(=O)O)C(=O)N2C(C(=O)[O-])=C(CSc3nnnn3C)CSC21.[Na]. The molecule has 0 bridgehead atoms. The number of carbonyl (C=O) groups excluding carboxylic acids is 3. The van der Waals surface area contributed by atoms with Crippen molar-refractivity contribution < 1.29 is 34.1 Å². The summed E-state index contributed by atoms with van der Waals surface area (Å²) in [6.45, 7) is 0. The van der Waals surface area contributed by atoms with Gasteiger partial charge >= 0.3 is 5.97 Å². The molecule has 2 amide bonds. The zero-order chi connectivity index (χ0) is 24.3. The molecule has 1 fully saturated rings. The number of nitrogens with zero attached hydrogens (tertiary/aromatic N) is 5. The Morgan fingerprint density at radius 3 is 2.74 bits per heavy atom. The number of thioether (sulfide) groups is 3. The molecular weight excluding hydrogens is 521 g/mol. The molecule has 34 heavy (non-hydrogen) atoms. The van der Waals surface area contributed by atoms with E-state index in [4.69, 9.17) is 15.6 Å². The van der Waals surface area contributed by atoms with Crippen molar-refractivity contribution in [1.29, 1.82) is 0 Å². The molecule has 14 nitrogen and oxygen atoms in total. The molecule has 18 heteroatoms. The van der Waals surface area contributed by atoms with Gasteiger partial charge in [0.2, 0.25) is 11.1 Å². The van der Waals surface area contributed by atoms with Crippen LogP contribution in [0.1, 0.15) is 0 Å². The Morgan fingerprint density at radius 2 is 2.18 bits per heavy atom. The first-order valence-electron chi connectivity index (χ1n) is 9.28. The standard InChI is InChI=1S/C16H21N7O7S3.Na/c1-22-15(19-20-21-22)33-4-7-3-32-14-16(30-2,13(29)23(14)10(7)12(27)28)18-9(24)6-31-5-8(17)11(25)26;/h8,14H,3-6,17H2,1-2H3,(H,18,24)(H,25,26)(H,27,28);/p-1. The van der Waals surface area contributed by atoms with E-state index >= 15 is 0 Å². The Balaban J connectivity index is 0.00000408. The molecule has 1 saturated heterocycles. The van der Waals surface area contributed by atoms with Crippen LogP contribution in [-0.4, -0.2) is 131 Å². The van der Waals surface area contributed by atoms with Crippen LogP contribution >= 0.6 is 35.3 Å². The topological polar surface area (TPSA) is 206 Å². The van der Waals surface area contributed by atoms with Crippen LogP contribution in [0.5, 0.6) is 0 Å². The Morgan fingerprint density at radius 1 is 1.47 bits per heavy atom. The maximum absolute atomic E-state index is 13.0. The van der Waals surface area contributed by atoms with Crippen LogP contribution in [0, 0.1) is 0 Å². The number of amides is 2. The molecule has 0 spiro atoms. The largest absolute Gasteiger partial charge is 0.543 e. The summed E-state index contributed by atoms with van der Waals surface area (Å²) in [6.07, 6.45) is 0. The first-order chi connectivity index (χ1) is 15.6. The van der Waals surface area contributed by atoms with E-state index < -0.39 is 40.9 Å². The van der Waals surface area contributed by atoms with Gasteiger partial charge in [-0.15, -0.1) is 28.6 Å². The van der Waals surface area contributed by atoms with Gasteiger partial charge in [0, 0.05) is 61.0 Å². The molecule has 1 aromatic heterocycles. The molecule has 0 aliphatic carbocycles. The van der Waals surface area contributed by atoms with Crippen LogP contribution in [-0.2, 0) is 31.0 Å². The van der Waals surface area contributed by atoms with E-state index in [9.17, 15) is 24.3 Å². The number of carboxylic acid groups (broad SMARTS) is 2. The summed E-state index contributed by atoms with van der Waals surface area (Å²) >= 11 is 3.43. The number of ether oxygens (including phenoxy) is 1. The molecule has 3 heterocycles. The number of aliphatic carboxylic acids is 2. The zero-order valence-electron chi connectivity index (χ0n) is 18.4. The summed E-state index contributed by atoms with van der Waals surface area (Å²) in [5.74, 6) is -3.73. The number of β-lactam (4-membered cyclic amide) rings is 1. The summed E-state index contributed by atoms with van der Waals surface area (Å²) in [4.78, 5) is 49.1. The van der Waals surface area contributed by atoms with Crippen LogP contribution in [0.3, 0.4) is 0 Å². The van der Waals surface area contributed by atoms with Crippen LogP contribution < -0.4 is 16.2 Å². The molecule has 2 aliphatic rings. The van der Waals surface area contributed by atoms with Crippen molar-refractivity contribution in [2.75, 3.05) is 30.1 Å². The molecular formula is C16H20N7NaO7S3-. The van der Waals surface area contributed by atoms with E-state index in [1.54, 1.807) is 7.05 Å². The first kappa shape index (κ1) is 28.9. The van der Waals surface area contributed by atoms with Gasteiger partial charge in [0.05, 0.1) is 17.4 Å². The number of aryl methyl sites for hydroxylation is 1. The Bertz CT molecular complexity index is 1010. The quantitative estimate of drug-likeness (QED) is 0.107. The third-order valence-electron chi connectivity index (χ3n) is 4.75. The summed E-state index contributed by atoms with van der Waals surface area (Å²) < 4.78 is 6.78. The van der Waals surface area contributed by atoms with Gasteiger partial charge in [0.15, 0.2) is 0 Å². The molecule has 0 aromatic carbocycles. The van der Waals surface area contributed by atoms with E-state index in [-0.39, 0.29) is 58.3 Å². The minimum Gasteiger partial charge on any atom is -0.543 e. The van der Waals surface area contributed by atoms with Crippen LogP contribution in [0.25, 0.3) is 0 Å². The minimum absolute atomic E-state index is 0. The van der Waals surface area contributed by atoms with Gasteiger partial charge in [-0.05, 0) is 16.0 Å². The molecule has 4 N–H and O–H groups in total. The molecule has 3 atom stereocenters. The van der Waals surface area contributed by atoms with E-state index in [1.807, 2.05) is 0 Å². The predicted molar refractivity (Wildman–Crippen MR) is 121 cm³/mol. The molecule has 181 valence electrons. The number of fused-ring (bicyclic) bond motifs is 1. The summed E-state index contributed by atoms with van der Waals surface area (Å²) in [5.41, 5.74) is 3.84. The smallest absolute Gasteiger partial charge is 0.321 e. The number of rotatable bonds is 11. The second-order valence-electron chi connectivity index (χ2n) is 6.90. The molecule has 1 radical (unpaired) electrons. The van der Waals surface area contributed by atoms with E-state index in [2.05, 4.69) is 20.8 Å². The normalized spacial score (nSPS) is 22.4. The number of aromatic nitrogens is 4. The maximum atomic E-state index is 13.0. The fourth-order valence-corrected chi connectivity index (χ4v) is 6.33. The van der Waals surface area contributed by atoms with Crippen LogP contribution in [0.4, 0.5) is 0 Å². The van der Waals surface area contributed by atoms with Crippen molar-refractivity contribution in [3.63, 3.8) is 0 Å². The summed E-state index contributed by atoms with van der Waals surface area (Å²) in [6, 6.07) is -1.13. The fourth-order valence-electron chi connectivity index (χ4n) is 3.13. The second kappa shape index (κ2) is 12.1.